The summed E-state index contributed by atoms with van der Waals surface area (Å²) in [5.41, 5.74) is 0. The highest BCUT2D eigenvalue weighted by Gasteiger charge is 2.52. The fourth-order valence-electron chi connectivity index (χ4n) is 3.39. The summed E-state index contributed by atoms with van der Waals surface area (Å²) >= 11 is 0. The van der Waals surface area contributed by atoms with Gasteiger partial charge in [-0.25, -0.2) is 0 Å². The molecular weight excluding hydrogens is 282 g/mol. The predicted octanol–water partition coefficient (Wildman–Crippen LogP) is 2.14. The van der Waals surface area contributed by atoms with Crippen LogP contribution in [0, 0.1) is 17.8 Å². The lowest BCUT2D eigenvalue weighted by Crippen LogP contribution is -2.43. The molecule has 3 unspecified atom stereocenters. The Morgan fingerprint density at radius 3 is 2.82 bits per heavy atom. The molecule has 2 saturated carbocycles. The van der Waals surface area contributed by atoms with Gasteiger partial charge in [-0.3, -0.25) is 4.79 Å². The summed E-state index contributed by atoms with van der Waals surface area (Å²) in [5.74, 6) is 3.37. The van der Waals surface area contributed by atoms with Crippen LogP contribution in [-0.2, 0) is 9.53 Å². The molecule has 1 saturated heterocycles. The van der Waals surface area contributed by atoms with E-state index < -0.39 is 0 Å². The summed E-state index contributed by atoms with van der Waals surface area (Å²) < 4.78 is 11.4. The standard InChI is InChI=1S/C16H23N3O3/c1-9(2)14-17-18-15(22-14)13-8-19(5-6-21-13)16(20)12-7-11(12)10-3-4-10/h9-13H,3-8H2,1-2H3. The van der Waals surface area contributed by atoms with Crippen molar-refractivity contribution in [3.05, 3.63) is 11.8 Å². The van der Waals surface area contributed by atoms with Crippen LogP contribution >= 0.6 is 0 Å². The zero-order valence-electron chi connectivity index (χ0n) is 13.2. The molecule has 3 aliphatic rings. The van der Waals surface area contributed by atoms with Gasteiger partial charge in [0, 0.05) is 18.4 Å². The molecule has 22 heavy (non-hydrogen) atoms. The Morgan fingerprint density at radius 2 is 2.14 bits per heavy atom. The van der Waals surface area contributed by atoms with Crippen molar-refractivity contribution in [3.63, 3.8) is 0 Å². The van der Waals surface area contributed by atoms with Gasteiger partial charge < -0.3 is 14.1 Å². The van der Waals surface area contributed by atoms with E-state index in [-0.39, 0.29) is 17.9 Å². The molecular formula is C16H23N3O3. The molecule has 3 atom stereocenters. The van der Waals surface area contributed by atoms with E-state index in [1.807, 2.05) is 18.7 Å². The summed E-state index contributed by atoms with van der Waals surface area (Å²) in [6.07, 6.45) is 3.44. The van der Waals surface area contributed by atoms with Crippen molar-refractivity contribution in [2.45, 2.75) is 45.1 Å². The molecule has 1 aromatic rings. The third-order valence-corrected chi connectivity index (χ3v) is 4.99. The highest BCUT2D eigenvalue weighted by Crippen LogP contribution is 2.55. The topological polar surface area (TPSA) is 68.5 Å². The number of nitrogens with zero attached hydrogens (tertiary/aromatic N) is 3. The van der Waals surface area contributed by atoms with Gasteiger partial charge in [-0.1, -0.05) is 13.8 Å². The van der Waals surface area contributed by atoms with E-state index in [0.29, 0.717) is 43.3 Å². The molecule has 1 amide bonds. The van der Waals surface area contributed by atoms with Gasteiger partial charge in [0.15, 0.2) is 6.10 Å². The Hall–Kier alpha value is -1.43. The Labute approximate surface area is 130 Å². The van der Waals surface area contributed by atoms with E-state index >= 15 is 0 Å². The monoisotopic (exact) mass is 305 g/mol. The zero-order chi connectivity index (χ0) is 15.3. The number of morpholine rings is 1. The Bertz CT molecular complexity index is 567. The summed E-state index contributed by atoms with van der Waals surface area (Å²) in [4.78, 5) is 14.5. The van der Waals surface area contributed by atoms with Gasteiger partial charge in [0.1, 0.15) is 0 Å². The molecule has 4 rings (SSSR count). The average Bonchev–Trinajstić information content (AvgIpc) is 3.42. The minimum atomic E-state index is -0.282. The molecule has 2 aliphatic carbocycles. The first kappa shape index (κ1) is 14.2. The maximum absolute atomic E-state index is 12.6. The molecule has 0 radical (unpaired) electrons. The van der Waals surface area contributed by atoms with E-state index in [4.69, 9.17) is 9.15 Å². The number of carbonyl (C=O) groups excluding carboxylic acids is 1. The van der Waals surface area contributed by atoms with E-state index in [0.717, 1.165) is 12.3 Å². The quantitative estimate of drug-likeness (QED) is 0.852. The fourth-order valence-corrected chi connectivity index (χ4v) is 3.39. The maximum atomic E-state index is 12.6. The average molecular weight is 305 g/mol. The minimum Gasteiger partial charge on any atom is -0.422 e. The van der Waals surface area contributed by atoms with Crippen LogP contribution in [0.15, 0.2) is 4.42 Å². The molecule has 120 valence electrons. The number of rotatable bonds is 4. The van der Waals surface area contributed by atoms with E-state index in [1.54, 1.807) is 0 Å². The zero-order valence-corrected chi connectivity index (χ0v) is 13.2. The number of amides is 1. The second kappa shape index (κ2) is 5.33. The van der Waals surface area contributed by atoms with Gasteiger partial charge in [-0.05, 0) is 31.1 Å². The smallest absolute Gasteiger partial charge is 0.247 e. The molecule has 6 heteroatoms. The third-order valence-electron chi connectivity index (χ3n) is 4.99. The summed E-state index contributed by atoms with van der Waals surface area (Å²) in [5, 5.41) is 8.14. The summed E-state index contributed by atoms with van der Waals surface area (Å²) in [6.45, 7) is 5.78. The second-order valence-electron chi connectivity index (χ2n) is 7.12. The molecule has 2 heterocycles. The van der Waals surface area contributed by atoms with Crippen molar-refractivity contribution in [2.75, 3.05) is 19.7 Å². The first-order valence-corrected chi connectivity index (χ1v) is 8.37. The first-order chi connectivity index (χ1) is 10.6. The van der Waals surface area contributed by atoms with Gasteiger partial charge in [0.05, 0.1) is 13.2 Å². The van der Waals surface area contributed by atoms with Gasteiger partial charge >= 0.3 is 0 Å². The second-order valence-corrected chi connectivity index (χ2v) is 7.12. The van der Waals surface area contributed by atoms with Crippen molar-refractivity contribution < 1.29 is 13.9 Å². The Morgan fingerprint density at radius 1 is 1.32 bits per heavy atom. The molecule has 0 bridgehead atoms. The number of carbonyl (C=O) groups is 1. The summed E-state index contributed by atoms with van der Waals surface area (Å²) in [6, 6.07) is 0. The number of ether oxygens (including phenoxy) is 1. The van der Waals surface area contributed by atoms with E-state index in [9.17, 15) is 4.79 Å². The Kier molecular flexibility index (Phi) is 3.44. The first-order valence-electron chi connectivity index (χ1n) is 8.37. The van der Waals surface area contributed by atoms with Gasteiger partial charge in [-0.15, -0.1) is 10.2 Å². The van der Waals surface area contributed by atoms with Crippen molar-refractivity contribution in [1.29, 1.82) is 0 Å². The number of hydrogen-bond donors (Lipinski definition) is 0. The van der Waals surface area contributed by atoms with Crippen LogP contribution in [-0.4, -0.2) is 40.7 Å². The van der Waals surface area contributed by atoms with Crippen molar-refractivity contribution in [1.82, 2.24) is 15.1 Å². The molecule has 0 N–H and O–H groups in total. The molecule has 0 spiro atoms. The maximum Gasteiger partial charge on any atom is 0.247 e. The van der Waals surface area contributed by atoms with E-state index in [2.05, 4.69) is 10.2 Å². The third kappa shape index (κ3) is 2.64. The highest BCUT2D eigenvalue weighted by atomic mass is 16.5. The largest absolute Gasteiger partial charge is 0.422 e. The molecule has 0 aromatic carbocycles. The van der Waals surface area contributed by atoms with Crippen LogP contribution in [0.25, 0.3) is 0 Å². The van der Waals surface area contributed by atoms with Crippen molar-refractivity contribution in [2.24, 2.45) is 17.8 Å². The Balaban J connectivity index is 1.39. The van der Waals surface area contributed by atoms with Crippen LogP contribution in [0.1, 0.15) is 56.9 Å². The number of hydrogen-bond acceptors (Lipinski definition) is 5. The SMILES string of the molecule is CC(C)c1nnc(C2CN(C(=O)C3CC3C3CC3)CCO2)o1. The molecule has 3 fully saturated rings. The lowest BCUT2D eigenvalue weighted by molar-refractivity contribution is -0.141. The van der Waals surface area contributed by atoms with Crippen LogP contribution < -0.4 is 0 Å². The van der Waals surface area contributed by atoms with Crippen LogP contribution in [0.5, 0.6) is 0 Å². The molecule has 6 nitrogen and oxygen atoms in total. The van der Waals surface area contributed by atoms with Crippen LogP contribution in [0.3, 0.4) is 0 Å². The van der Waals surface area contributed by atoms with Crippen LogP contribution in [0.2, 0.25) is 0 Å². The highest BCUT2D eigenvalue weighted by molar-refractivity contribution is 5.82. The lowest BCUT2D eigenvalue weighted by atomic mass is 10.2. The summed E-state index contributed by atoms with van der Waals surface area (Å²) in [7, 11) is 0. The normalized spacial score (nSPS) is 31.6. The lowest BCUT2D eigenvalue weighted by Gasteiger charge is -2.31. The fraction of sp³-hybridized carbons (Fsp3) is 0.812. The molecule has 1 aliphatic heterocycles. The van der Waals surface area contributed by atoms with Gasteiger partial charge in [-0.2, -0.15) is 0 Å². The van der Waals surface area contributed by atoms with Crippen molar-refractivity contribution in [3.8, 4) is 0 Å². The van der Waals surface area contributed by atoms with Crippen LogP contribution in [0.4, 0.5) is 0 Å². The number of aromatic nitrogens is 2. The van der Waals surface area contributed by atoms with Gasteiger partial charge in [0.25, 0.3) is 0 Å². The molecule has 1 aromatic heterocycles. The van der Waals surface area contributed by atoms with Crippen molar-refractivity contribution >= 4 is 5.91 Å². The predicted molar refractivity (Wildman–Crippen MR) is 78.0 cm³/mol. The van der Waals surface area contributed by atoms with E-state index in [1.165, 1.54) is 12.8 Å². The van der Waals surface area contributed by atoms with Gasteiger partial charge in [0.2, 0.25) is 17.7 Å². The minimum absolute atomic E-state index is 0.202.